The lowest BCUT2D eigenvalue weighted by Gasteiger charge is -2.27. The predicted octanol–water partition coefficient (Wildman–Crippen LogP) is 0.169. The molecule has 7 heteroatoms. The summed E-state index contributed by atoms with van der Waals surface area (Å²) < 4.78 is 0. The zero-order valence-electron chi connectivity index (χ0n) is 12.5. The van der Waals surface area contributed by atoms with E-state index in [-0.39, 0.29) is 30.9 Å². The maximum Gasteiger partial charge on any atom is 0.320 e. The highest BCUT2D eigenvalue weighted by Crippen LogP contribution is 2.24. The molecule has 0 aromatic rings. The number of urea groups is 1. The van der Waals surface area contributed by atoms with E-state index in [1.807, 2.05) is 6.92 Å². The Hall–Kier alpha value is -1.79. The van der Waals surface area contributed by atoms with Crippen molar-refractivity contribution in [1.82, 2.24) is 14.7 Å². The molecule has 0 aromatic carbocycles. The largest absolute Gasteiger partial charge is 0.481 e. The highest BCUT2D eigenvalue weighted by molar-refractivity contribution is 5.84. The van der Waals surface area contributed by atoms with Crippen LogP contribution < -0.4 is 0 Å². The van der Waals surface area contributed by atoms with Gasteiger partial charge in [0.2, 0.25) is 5.91 Å². The second-order valence-corrected chi connectivity index (χ2v) is 5.41. The fourth-order valence-electron chi connectivity index (χ4n) is 2.26. The van der Waals surface area contributed by atoms with Gasteiger partial charge in [-0.2, -0.15) is 0 Å². The van der Waals surface area contributed by atoms with Crippen LogP contribution in [0.1, 0.15) is 13.8 Å². The quantitative estimate of drug-likeness (QED) is 0.798. The zero-order chi connectivity index (χ0) is 15.4. The fourth-order valence-corrected chi connectivity index (χ4v) is 2.26. The van der Waals surface area contributed by atoms with Gasteiger partial charge in [-0.3, -0.25) is 9.59 Å². The van der Waals surface area contributed by atoms with Gasteiger partial charge in [0, 0.05) is 33.7 Å². The van der Waals surface area contributed by atoms with Crippen LogP contribution in [-0.2, 0) is 9.59 Å². The summed E-state index contributed by atoms with van der Waals surface area (Å²) in [4.78, 5) is 39.5. The number of carbonyl (C=O) groups excluding carboxylic acids is 2. The number of likely N-dealkylation sites (N-methyl/N-ethyl adjacent to an activating group) is 2. The van der Waals surface area contributed by atoms with E-state index in [2.05, 4.69) is 0 Å². The zero-order valence-corrected chi connectivity index (χ0v) is 12.5. The molecule has 0 radical (unpaired) electrons. The molecule has 0 aromatic heterocycles. The summed E-state index contributed by atoms with van der Waals surface area (Å²) in [5.74, 6) is -1.62. The van der Waals surface area contributed by atoms with Gasteiger partial charge in [-0.1, -0.05) is 6.92 Å². The Labute approximate surface area is 119 Å². The van der Waals surface area contributed by atoms with Gasteiger partial charge in [0.15, 0.2) is 0 Å². The molecule has 1 aliphatic heterocycles. The molecule has 1 heterocycles. The van der Waals surface area contributed by atoms with Gasteiger partial charge in [0.25, 0.3) is 0 Å². The number of carboxylic acids is 1. The van der Waals surface area contributed by atoms with E-state index in [0.29, 0.717) is 13.1 Å². The normalized spacial score (nSPS) is 21.7. The average molecular weight is 285 g/mol. The lowest BCUT2D eigenvalue weighted by atomic mass is 9.99. The molecule has 2 atom stereocenters. The number of hydrogen-bond acceptors (Lipinski definition) is 3. The minimum Gasteiger partial charge on any atom is -0.481 e. The number of amides is 3. The molecule has 1 N–H and O–H groups in total. The third kappa shape index (κ3) is 3.61. The molecule has 1 rings (SSSR count). The molecule has 114 valence electrons. The van der Waals surface area contributed by atoms with Crippen LogP contribution in [0, 0.1) is 11.8 Å². The van der Waals surface area contributed by atoms with Crippen molar-refractivity contribution in [2.24, 2.45) is 11.8 Å². The molecular formula is C13H23N3O4. The Kier molecular flexibility index (Phi) is 5.35. The summed E-state index contributed by atoms with van der Waals surface area (Å²) in [6.07, 6.45) is 0. The minimum atomic E-state index is -0.875. The molecule has 0 aliphatic carbocycles. The summed E-state index contributed by atoms with van der Waals surface area (Å²) in [5, 5.41) is 9.08. The predicted molar refractivity (Wildman–Crippen MR) is 73.2 cm³/mol. The van der Waals surface area contributed by atoms with Crippen molar-refractivity contribution in [3.8, 4) is 0 Å². The Morgan fingerprint density at radius 2 is 1.85 bits per heavy atom. The maximum absolute atomic E-state index is 12.3. The Bertz CT molecular complexity index is 397. The maximum atomic E-state index is 12.3. The molecule has 0 saturated carbocycles. The van der Waals surface area contributed by atoms with Gasteiger partial charge in [-0.05, 0) is 12.8 Å². The van der Waals surface area contributed by atoms with Crippen LogP contribution in [0.3, 0.4) is 0 Å². The highest BCUT2D eigenvalue weighted by Gasteiger charge is 2.38. The highest BCUT2D eigenvalue weighted by atomic mass is 16.4. The Morgan fingerprint density at radius 3 is 2.25 bits per heavy atom. The molecule has 1 saturated heterocycles. The van der Waals surface area contributed by atoms with Gasteiger partial charge in [-0.15, -0.1) is 0 Å². The van der Waals surface area contributed by atoms with Gasteiger partial charge >= 0.3 is 12.0 Å². The van der Waals surface area contributed by atoms with E-state index in [0.717, 1.165) is 0 Å². The van der Waals surface area contributed by atoms with Crippen LogP contribution in [0.2, 0.25) is 0 Å². The van der Waals surface area contributed by atoms with E-state index in [1.165, 1.54) is 14.7 Å². The van der Waals surface area contributed by atoms with Crippen LogP contribution in [-0.4, -0.2) is 78.0 Å². The van der Waals surface area contributed by atoms with Crippen molar-refractivity contribution in [2.45, 2.75) is 13.8 Å². The number of rotatable bonds is 4. The monoisotopic (exact) mass is 285 g/mol. The number of nitrogens with zero attached hydrogens (tertiary/aromatic N) is 3. The molecule has 2 unspecified atom stereocenters. The van der Waals surface area contributed by atoms with Crippen molar-refractivity contribution in [3.63, 3.8) is 0 Å². The third-order valence-corrected chi connectivity index (χ3v) is 3.68. The van der Waals surface area contributed by atoms with Crippen molar-refractivity contribution >= 4 is 17.9 Å². The second kappa shape index (κ2) is 6.58. The second-order valence-electron chi connectivity index (χ2n) is 5.41. The van der Waals surface area contributed by atoms with Gasteiger partial charge in [0.05, 0.1) is 5.92 Å². The van der Waals surface area contributed by atoms with E-state index in [1.54, 1.807) is 21.0 Å². The Balaban J connectivity index is 2.68. The number of likely N-dealkylation sites (tertiary alicyclic amines) is 1. The summed E-state index contributed by atoms with van der Waals surface area (Å²) in [6.45, 7) is 4.69. The molecule has 7 nitrogen and oxygen atoms in total. The molecule has 1 aliphatic rings. The lowest BCUT2D eigenvalue weighted by molar-refractivity contribution is -0.142. The number of carboxylic acid groups (broad SMARTS) is 1. The first-order chi connectivity index (χ1) is 9.27. The summed E-state index contributed by atoms with van der Waals surface area (Å²) >= 11 is 0. The fraction of sp³-hybridized carbons (Fsp3) is 0.769. The topological polar surface area (TPSA) is 81.2 Å². The summed E-state index contributed by atoms with van der Waals surface area (Å²) in [6, 6.07) is -0.265. The number of hydrogen-bond donors (Lipinski definition) is 1. The van der Waals surface area contributed by atoms with Crippen molar-refractivity contribution in [1.29, 1.82) is 0 Å². The lowest BCUT2D eigenvalue weighted by Crippen LogP contribution is -2.46. The molecular weight excluding hydrogens is 262 g/mol. The summed E-state index contributed by atoms with van der Waals surface area (Å²) in [5.41, 5.74) is 0. The van der Waals surface area contributed by atoms with E-state index >= 15 is 0 Å². The van der Waals surface area contributed by atoms with Crippen molar-refractivity contribution in [3.05, 3.63) is 0 Å². The van der Waals surface area contributed by atoms with Crippen LogP contribution in [0.15, 0.2) is 0 Å². The van der Waals surface area contributed by atoms with E-state index < -0.39 is 11.9 Å². The SMILES string of the molecule is CCN(CC(=O)N(C)C)C(=O)N1CC(C)C(C(=O)O)C1. The molecule has 0 spiro atoms. The van der Waals surface area contributed by atoms with Crippen LogP contribution in [0.5, 0.6) is 0 Å². The molecule has 3 amide bonds. The minimum absolute atomic E-state index is 0.0188. The number of carbonyl (C=O) groups is 3. The van der Waals surface area contributed by atoms with E-state index in [9.17, 15) is 14.4 Å². The van der Waals surface area contributed by atoms with Crippen LogP contribution in [0.25, 0.3) is 0 Å². The van der Waals surface area contributed by atoms with Crippen molar-refractivity contribution < 1.29 is 19.5 Å². The van der Waals surface area contributed by atoms with Gasteiger partial charge in [0.1, 0.15) is 6.54 Å². The standard InChI is InChI=1S/C13H23N3O4/c1-5-15(8-11(17)14(3)4)13(20)16-6-9(2)10(7-16)12(18)19/h9-10H,5-8H2,1-4H3,(H,18,19). The smallest absolute Gasteiger partial charge is 0.320 e. The van der Waals surface area contributed by atoms with Crippen LogP contribution in [0.4, 0.5) is 4.79 Å². The first-order valence-electron chi connectivity index (χ1n) is 6.74. The van der Waals surface area contributed by atoms with Gasteiger partial charge < -0.3 is 19.8 Å². The molecule has 1 fully saturated rings. The van der Waals surface area contributed by atoms with E-state index in [4.69, 9.17) is 5.11 Å². The van der Waals surface area contributed by atoms with Crippen LogP contribution >= 0.6 is 0 Å². The van der Waals surface area contributed by atoms with Gasteiger partial charge in [-0.25, -0.2) is 4.79 Å². The first-order valence-corrected chi connectivity index (χ1v) is 6.74. The molecule has 0 bridgehead atoms. The Morgan fingerprint density at radius 1 is 1.25 bits per heavy atom. The number of aliphatic carboxylic acids is 1. The molecule has 20 heavy (non-hydrogen) atoms. The van der Waals surface area contributed by atoms with Crippen molar-refractivity contribution in [2.75, 3.05) is 40.3 Å². The first kappa shape index (κ1) is 16.3. The third-order valence-electron chi connectivity index (χ3n) is 3.68. The summed E-state index contributed by atoms with van der Waals surface area (Å²) in [7, 11) is 3.28. The average Bonchev–Trinajstić information content (AvgIpc) is 2.76.